The van der Waals surface area contributed by atoms with Gasteiger partial charge in [0.2, 0.25) is 0 Å². The molecule has 0 heterocycles. The van der Waals surface area contributed by atoms with Crippen LogP contribution in [0.15, 0.2) is 73.3 Å². The van der Waals surface area contributed by atoms with Gasteiger partial charge in [0.25, 0.3) is 0 Å². The van der Waals surface area contributed by atoms with E-state index in [1.54, 1.807) is 24.3 Å². The number of hydrogen-bond donors (Lipinski definition) is 0. The molecule has 0 nitrogen and oxygen atoms in total. The van der Waals surface area contributed by atoms with Crippen LogP contribution in [0.3, 0.4) is 0 Å². The van der Waals surface area contributed by atoms with E-state index in [1.165, 1.54) is 38.2 Å². The van der Waals surface area contributed by atoms with E-state index >= 15 is 4.39 Å². The van der Waals surface area contributed by atoms with Crippen LogP contribution < -0.4 is 0 Å². The molecule has 4 heteroatoms. The van der Waals surface area contributed by atoms with Gasteiger partial charge in [0, 0.05) is 11.1 Å². The first-order valence-corrected chi connectivity index (χ1v) is 14.4. The molecule has 0 aromatic heterocycles. The molecule has 1 saturated carbocycles. The van der Waals surface area contributed by atoms with Crippen LogP contribution in [0.2, 0.25) is 0 Å². The maximum atomic E-state index is 15.3. The van der Waals surface area contributed by atoms with Crippen molar-refractivity contribution >= 4 is 13.4 Å². The molecule has 0 bridgehead atoms. The molecule has 1 atom stereocenters. The smallest absolute Gasteiger partial charge is 0.166 e. The monoisotopic (exact) mass is 524 g/mol. The van der Waals surface area contributed by atoms with Crippen LogP contribution in [0.25, 0.3) is 27.8 Å². The highest BCUT2D eigenvalue weighted by Crippen LogP contribution is 2.42. The van der Waals surface area contributed by atoms with Gasteiger partial charge in [-0.25, -0.2) is 13.2 Å². The van der Waals surface area contributed by atoms with Crippen LogP contribution in [0.1, 0.15) is 68.9 Å². The first-order valence-electron chi connectivity index (χ1n) is 14.4. The van der Waals surface area contributed by atoms with Crippen molar-refractivity contribution in [3.8, 4) is 22.3 Å². The lowest BCUT2D eigenvalue weighted by Gasteiger charge is -2.35. The topological polar surface area (TPSA) is 0 Å². The van der Waals surface area contributed by atoms with Crippen molar-refractivity contribution in [2.24, 2.45) is 17.8 Å². The standard InChI is InChI=1S/C35H36BF3/c1-2-3-4-23-5-7-24(8-6-23)25-9-13-27(14-10-25)31-19-17-29(21-33(31)37)26-11-15-28(16-12-26)32-20-18-30(22-36)34(38)35(32)39/h2,11-13,15-21,23-25H,1,3-10,14,22H2. The minimum atomic E-state index is -0.910. The third-order valence-electron chi connectivity index (χ3n) is 9.02. The molecule has 5 rings (SSSR count). The summed E-state index contributed by atoms with van der Waals surface area (Å²) in [6, 6.07) is 15.6. The third kappa shape index (κ3) is 6.11. The maximum Gasteiger partial charge on any atom is 0.166 e. The molecule has 1 unspecified atom stereocenters. The fourth-order valence-corrected chi connectivity index (χ4v) is 6.60. The van der Waals surface area contributed by atoms with Crippen molar-refractivity contribution in [2.45, 2.75) is 64.1 Å². The fourth-order valence-electron chi connectivity index (χ4n) is 6.60. The Morgan fingerprint density at radius 2 is 1.46 bits per heavy atom. The Morgan fingerprint density at radius 3 is 2.10 bits per heavy atom. The highest BCUT2D eigenvalue weighted by atomic mass is 19.2. The van der Waals surface area contributed by atoms with Gasteiger partial charge in [-0.05, 0) is 96.6 Å². The van der Waals surface area contributed by atoms with Crippen molar-refractivity contribution < 1.29 is 13.2 Å². The zero-order valence-electron chi connectivity index (χ0n) is 22.6. The average molecular weight is 524 g/mol. The van der Waals surface area contributed by atoms with Gasteiger partial charge in [-0.1, -0.05) is 79.8 Å². The summed E-state index contributed by atoms with van der Waals surface area (Å²) in [4.78, 5) is 0. The second-order valence-electron chi connectivity index (χ2n) is 11.3. The van der Waals surface area contributed by atoms with E-state index in [0.717, 1.165) is 60.1 Å². The Balaban J connectivity index is 1.24. The van der Waals surface area contributed by atoms with Crippen molar-refractivity contribution in [1.29, 1.82) is 0 Å². The van der Waals surface area contributed by atoms with Crippen LogP contribution in [0.4, 0.5) is 13.2 Å². The summed E-state index contributed by atoms with van der Waals surface area (Å²) in [6.07, 6.45) is 15.1. The zero-order valence-corrected chi connectivity index (χ0v) is 22.6. The van der Waals surface area contributed by atoms with E-state index in [2.05, 4.69) is 12.7 Å². The first-order chi connectivity index (χ1) is 19.0. The molecule has 200 valence electrons. The lowest BCUT2D eigenvalue weighted by Crippen LogP contribution is -2.23. The molecule has 2 aliphatic rings. The summed E-state index contributed by atoms with van der Waals surface area (Å²) >= 11 is 0. The van der Waals surface area contributed by atoms with Crippen molar-refractivity contribution in [3.63, 3.8) is 0 Å². The Kier molecular flexibility index (Phi) is 8.80. The van der Waals surface area contributed by atoms with Gasteiger partial charge in [-0.3, -0.25) is 0 Å². The molecule has 3 aromatic rings. The second-order valence-corrected chi connectivity index (χ2v) is 11.3. The van der Waals surface area contributed by atoms with Crippen molar-refractivity contribution in [2.75, 3.05) is 0 Å². The summed E-state index contributed by atoms with van der Waals surface area (Å²) < 4.78 is 44.0. The van der Waals surface area contributed by atoms with Crippen molar-refractivity contribution in [3.05, 3.63) is 102 Å². The van der Waals surface area contributed by atoms with E-state index in [4.69, 9.17) is 7.85 Å². The predicted molar refractivity (Wildman–Crippen MR) is 157 cm³/mol. The van der Waals surface area contributed by atoms with Crippen LogP contribution >= 0.6 is 0 Å². The molecule has 0 spiro atoms. The highest BCUT2D eigenvalue weighted by Gasteiger charge is 2.29. The van der Waals surface area contributed by atoms with Crippen LogP contribution in [0, 0.1) is 35.2 Å². The molecule has 0 saturated heterocycles. The molecule has 2 radical (unpaired) electrons. The number of hydrogen-bond acceptors (Lipinski definition) is 0. The maximum absolute atomic E-state index is 15.3. The lowest BCUT2D eigenvalue weighted by molar-refractivity contribution is 0.190. The Labute approximate surface area is 232 Å². The van der Waals surface area contributed by atoms with Gasteiger partial charge in [0.1, 0.15) is 5.82 Å². The molecule has 2 aliphatic carbocycles. The number of allylic oxidation sites excluding steroid dienone is 3. The summed E-state index contributed by atoms with van der Waals surface area (Å²) in [5.74, 6) is 0.368. The van der Waals surface area contributed by atoms with Gasteiger partial charge >= 0.3 is 0 Å². The minimum absolute atomic E-state index is 0.0569. The van der Waals surface area contributed by atoms with Crippen molar-refractivity contribution in [1.82, 2.24) is 0 Å². The average Bonchev–Trinajstić information content (AvgIpc) is 2.98. The zero-order chi connectivity index (χ0) is 27.4. The molecule has 1 fully saturated rings. The molecular formula is C35H36BF3. The minimum Gasteiger partial charge on any atom is -0.206 e. The largest absolute Gasteiger partial charge is 0.206 e. The normalized spacial score (nSPS) is 21.4. The van der Waals surface area contributed by atoms with Crippen LogP contribution in [0.5, 0.6) is 0 Å². The second kappa shape index (κ2) is 12.4. The molecule has 3 aromatic carbocycles. The Bertz CT molecular complexity index is 1330. The fraction of sp³-hybridized carbons (Fsp3) is 0.371. The summed E-state index contributed by atoms with van der Waals surface area (Å²) in [6.45, 7) is 3.86. The molecule has 0 amide bonds. The van der Waals surface area contributed by atoms with Gasteiger partial charge in [0.15, 0.2) is 11.6 Å². The van der Waals surface area contributed by atoms with E-state index in [0.29, 0.717) is 11.1 Å². The third-order valence-corrected chi connectivity index (χ3v) is 9.02. The molecular weight excluding hydrogens is 488 g/mol. The summed E-state index contributed by atoms with van der Waals surface area (Å²) in [5.41, 5.74) is 4.28. The highest BCUT2D eigenvalue weighted by molar-refractivity contribution is 6.08. The number of rotatable bonds is 8. The number of halogens is 3. The molecule has 0 N–H and O–H groups in total. The van der Waals surface area contributed by atoms with Crippen LogP contribution in [-0.2, 0) is 6.32 Å². The van der Waals surface area contributed by atoms with E-state index in [9.17, 15) is 8.78 Å². The number of benzene rings is 3. The van der Waals surface area contributed by atoms with Gasteiger partial charge in [0.05, 0.1) is 7.85 Å². The van der Waals surface area contributed by atoms with E-state index in [1.807, 2.05) is 30.3 Å². The van der Waals surface area contributed by atoms with Gasteiger partial charge < -0.3 is 0 Å². The Hall–Kier alpha value is -3.01. The first kappa shape index (κ1) is 27.6. The predicted octanol–water partition coefficient (Wildman–Crippen LogP) is 10.1. The quantitative estimate of drug-likeness (QED) is 0.203. The van der Waals surface area contributed by atoms with Gasteiger partial charge in [-0.15, -0.1) is 6.58 Å². The Morgan fingerprint density at radius 1 is 0.769 bits per heavy atom. The summed E-state index contributed by atoms with van der Waals surface area (Å²) in [5, 5.41) is 0. The van der Waals surface area contributed by atoms with Gasteiger partial charge in [-0.2, -0.15) is 0 Å². The summed E-state index contributed by atoms with van der Waals surface area (Å²) in [7, 11) is 5.47. The molecule has 0 aliphatic heterocycles. The van der Waals surface area contributed by atoms with E-state index < -0.39 is 11.6 Å². The van der Waals surface area contributed by atoms with Crippen LogP contribution in [-0.4, -0.2) is 7.85 Å². The lowest BCUT2D eigenvalue weighted by atomic mass is 9.70. The van der Waals surface area contributed by atoms with E-state index in [-0.39, 0.29) is 23.3 Å². The SMILES string of the molecule is [B]Cc1ccc(-c2ccc(-c3ccc(C4=CCC(C5CCC(CCC=C)CC5)CC4)c(F)c3)cc2)c(F)c1F. The molecule has 39 heavy (non-hydrogen) atoms.